The van der Waals surface area contributed by atoms with Gasteiger partial charge in [0.05, 0.1) is 26.8 Å². The molecule has 0 bridgehead atoms. The molecule has 1 aliphatic rings. The fraction of sp³-hybridized carbons (Fsp3) is 0.588. The highest BCUT2D eigenvalue weighted by molar-refractivity contribution is 5.96. The van der Waals surface area contributed by atoms with Gasteiger partial charge in [-0.05, 0) is 36.6 Å². The van der Waals surface area contributed by atoms with E-state index >= 15 is 0 Å². The van der Waals surface area contributed by atoms with Crippen LogP contribution < -0.4 is 9.64 Å². The van der Waals surface area contributed by atoms with E-state index in [1.54, 1.807) is 24.1 Å². The summed E-state index contributed by atoms with van der Waals surface area (Å²) in [5, 5.41) is 0. The van der Waals surface area contributed by atoms with Crippen molar-refractivity contribution >= 4 is 11.6 Å². The molecule has 0 fully saturated rings. The Balaban J connectivity index is 2.11. The van der Waals surface area contributed by atoms with Gasteiger partial charge in [0.15, 0.2) is 0 Å². The highest BCUT2D eigenvalue weighted by Gasteiger charge is 2.32. The number of fused-ring (bicyclic) bond motifs is 1. The maximum Gasteiger partial charge on any atom is 0.401 e. The summed E-state index contributed by atoms with van der Waals surface area (Å²) < 4.78 is 48.2. The molecule has 0 aromatic heterocycles. The van der Waals surface area contributed by atoms with Crippen LogP contribution in [-0.4, -0.2) is 64.0 Å². The van der Waals surface area contributed by atoms with Crippen molar-refractivity contribution in [3.8, 4) is 5.75 Å². The minimum Gasteiger partial charge on any atom is -0.497 e. The fourth-order valence-electron chi connectivity index (χ4n) is 2.92. The third-order valence-electron chi connectivity index (χ3n) is 4.08. The Bertz CT molecular complexity index is 593. The predicted molar refractivity (Wildman–Crippen MR) is 88.0 cm³/mol. The number of carbonyl (C=O) groups is 1. The number of nitrogens with zero attached hydrogens (tertiary/aromatic N) is 2. The summed E-state index contributed by atoms with van der Waals surface area (Å²) in [7, 11) is 2.99. The Morgan fingerprint density at radius 1 is 1.32 bits per heavy atom. The minimum atomic E-state index is -4.36. The maximum absolute atomic E-state index is 12.7. The van der Waals surface area contributed by atoms with Gasteiger partial charge in [-0.2, -0.15) is 13.2 Å². The largest absolute Gasteiger partial charge is 0.497 e. The van der Waals surface area contributed by atoms with Crippen LogP contribution in [0.25, 0.3) is 0 Å². The zero-order valence-electron chi connectivity index (χ0n) is 14.4. The standard InChI is InChI=1S/C17H23F3N2O3/c1-24-9-8-21(12-17(18,19)20)11-16(23)22-7-3-4-13-10-14(25-2)5-6-15(13)22/h5-6,10H,3-4,7-9,11-12H2,1-2H3. The van der Waals surface area contributed by atoms with Crippen molar-refractivity contribution in [2.45, 2.75) is 19.0 Å². The topological polar surface area (TPSA) is 42.0 Å². The molecule has 0 saturated carbocycles. The first-order chi connectivity index (χ1) is 11.8. The molecule has 1 aliphatic heterocycles. The number of benzene rings is 1. The quantitative estimate of drug-likeness (QED) is 0.749. The van der Waals surface area contributed by atoms with Crippen LogP contribution in [-0.2, 0) is 16.0 Å². The van der Waals surface area contributed by atoms with Crippen molar-refractivity contribution in [3.05, 3.63) is 23.8 Å². The number of hydrogen-bond donors (Lipinski definition) is 0. The zero-order chi connectivity index (χ0) is 18.4. The number of carbonyl (C=O) groups excluding carboxylic acids is 1. The molecule has 0 radical (unpaired) electrons. The van der Waals surface area contributed by atoms with Crippen LogP contribution in [0.2, 0.25) is 0 Å². The number of halogens is 3. The van der Waals surface area contributed by atoms with Gasteiger partial charge in [-0.15, -0.1) is 0 Å². The molecule has 1 aromatic rings. The van der Waals surface area contributed by atoms with Crippen LogP contribution in [0.5, 0.6) is 5.75 Å². The third-order valence-corrected chi connectivity index (χ3v) is 4.08. The van der Waals surface area contributed by atoms with E-state index < -0.39 is 12.7 Å². The van der Waals surface area contributed by atoms with Crippen LogP contribution in [0.1, 0.15) is 12.0 Å². The smallest absolute Gasteiger partial charge is 0.401 e. The Kier molecular flexibility index (Phi) is 6.66. The van der Waals surface area contributed by atoms with E-state index in [0.717, 1.165) is 29.0 Å². The van der Waals surface area contributed by atoms with Crippen molar-refractivity contribution in [3.63, 3.8) is 0 Å². The van der Waals surface area contributed by atoms with Crippen LogP contribution >= 0.6 is 0 Å². The lowest BCUT2D eigenvalue weighted by Crippen LogP contribution is -2.46. The number of alkyl halides is 3. The van der Waals surface area contributed by atoms with Crippen molar-refractivity contribution in [2.24, 2.45) is 0 Å². The Labute approximate surface area is 145 Å². The van der Waals surface area contributed by atoms with Crippen LogP contribution in [0.15, 0.2) is 18.2 Å². The Morgan fingerprint density at radius 2 is 2.08 bits per heavy atom. The molecule has 140 valence electrons. The number of ether oxygens (including phenoxy) is 2. The highest BCUT2D eigenvalue weighted by atomic mass is 19.4. The normalized spacial score (nSPS) is 14.6. The van der Waals surface area contributed by atoms with Crippen molar-refractivity contribution in [1.29, 1.82) is 0 Å². The van der Waals surface area contributed by atoms with E-state index in [0.29, 0.717) is 12.3 Å². The number of anilines is 1. The summed E-state index contributed by atoms with van der Waals surface area (Å²) in [5.74, 6) is 0.360. The SMILES string of the molecule is COCCN(CC(=O)N1CCCc2cc(OC)ccc21)CC(F)(F)F. The van der Waals surface area contributed by atoms with E-state index in [9.17, 15) is 18.0 Å². The van der Waals surface area contributed by atoms with E-state index in [1.807, 2.05) is 6.07 Å². The van der Waals surface area contributed by atoms with Gasteiger partial charge < -0.3 is 14.4 Å². The molecule has 1 aromatic carbocycles. The molecular formula is C17H23F3N2O3. The molecule has 0 spiro atoms. The number of hydrogen-bond acceptors (Lipinski definition) is 4. The lowest BCUT2D eigenvalue weighted by Gasteiger charge is -2.32. The lowest BCUT2D eigenvalue weighted by atomic mass is 10.0. The van der Waals surface area contributed by atoms with E-state index in [2.05, 4.69) is 0 Å². The second-order valence-electron chi connectivity index (χ2n) is 5.96. The maximum atomic E-state index is 12.7. The van der Waals surface area contributed by atoms with Gasteiger partial charge in [-0.1, -0.05) is 0 Å². The van der Waals surface area contributed by atoms with Crippen LogP contribution in [0, 0.1) is 0 Å². The molecule has 0 saturated heterocycles. The van der Waals surface area contributed by atoms with Crippen molar-refractivity contribution in [1.82, 2.24) is 4.90 Å². The summed E-state index contributed by atoms with van der Waals surface area (Å²) in [6.45, 7) is -0.746. The fourth-order valence-corrected chi connectivity index (χ4v) is 2.92. The van der Waals surface area contributed by atoms with Crippen molar-refractivity contribution < 1.29 is 27.4 Å². The van der Waals surface area contributed by atoms with Gasteiger partial charge in [0.2, 0.25) is 5.91 Å². The second kappa shape index (κ2) is 8.53. The Hall–Kier alpha value is -1.80. The van der Waals surface area contributed by atoms with Crippen molar-refractivity contribution in [2.75, 3.05) is 51.9 Å². The predicted octanol–water partition coefficient (Wildman–Crippen LogP) is 2.49. The minimum absolute atomic E-state index is 0.0467. The summed E-state index contributed by atoms with van der Waals surface area (Å²) in [4.78, 5) is 15.3. The molecule has 1 heterocycles. The molecule has 25 heavy (non-hydrogen) atoms. The second-order valence-corrected chi connectivity index (χ2v) is 5.96. The molecule has 1 amide bonds. The lowest BCUT2D eigenvalue weighted by molar-refractivity contribution is -0.149. The average molecular weight is 360 g/mol. The molecule has 0 unspecified atom stereocenters. The first-order valence-corrected chi connectivity index (χ1v) is 8.09. The van der Waals surface area contributed by atoms with E-state index in [-0.39, 0.29) is 25.6 Å². The van der Waals surface area contributed by atoms with Gasteiger partial charge in [0.25, 0.3) is 0 Å². The average Bonchev–Trinajstić information content (AvgIpc) is 2.57. The molecular weight excluding hydrogens is 337 g/mol. The number of methoxy groups -OCH3 is 2. The van der Waals surface area contributed by atoms with Gasteiger partial charge in [-0.25, -0.2) is 0 Å². The van der Waals surface area contributed by atoms with E-state index in [4.69, 9.17) is 9.47 Å². The van der Waals surface area contributed by atoms with Gasteiger partial charge in [-0.3, -0.25) is 9.69 Å². The summed E-state index contributed by atoms with van der Waals surface area (Å²) in [5.41, 5.74) is 1.72. The van der Waals surface area contributed by atoms with Gasteiger partial charge >= 0.3 is 6.18 Å². The number of rotatable bonds is 7. The van der Waals surface area contributed by atoms with Crippen LogP contribution in [0.4, 0.5) is 18.9 Å². The number of amides is 1. The molecule has 5 nitrogen and oxygen atoms in total. The Morgan fingerprint density at radius 3 is 2.72 bits per heavy atom. The summed E-state index contributed by atoms with van der Waals surface area (Å²) in [6, 6.07) is 5.41. The first kappa shape index (κ1) is 19.5. The molecule has 0 aliphatic carbocycles. The molecule has 2 rings (SSSR count). The van der Waals surface area contributed by atoms with Gasteiger partial charge in [0, 0.05) is 25.9 Å². The van der Waals surface area contributed by atoms with E-state index in [1.165, 1.54) is 7.11 Å². The van der Waals surface area contributed by atoms with Gasteiger partial charge in [0.1, 0.15) is 5.75 Å². The first-order valence-electron chi connectivity index (χ1n) is 8.09. The molecule has 0 N–H and O–H groups in total. The summed E-state index contributed by atoms with van der Waals surface area (Å²) >= 11 is 0. The molecule has 0 atom stereocenters. The van der Waals surface area contributed by atoms with Crippen LogP contribution in [0.3, 0.4) is 0 Å². The third kappa shape index (κ3) is 5.61. The number of aryl methyl sites for hydroxylation is 1. The highest BCUT2D eigenvalue weighted by Crippen LogP contribution is 2.30. The monoisotopic (exact) mass is 360 g/mol. The zero-order valence-corrected chi connectivity index (χ0v) is 14.4. The summed E-state index contributed by atoms with van der Waals surface area (Å²) in [6.07, 6.45) is -2.78. The molecule has 8 heteroatoms.